The summed E-state index contributed by atoms with van der Waals surface area (Å²) in [5, 5.41) is 1.09. The van der Waals surface area contributed by atoms with Crippen LogP contribution in [0.4, 0.5) is 0 Å². The molecule has 0 N–H and O–H groups in total. The first kappa shape index (κ1) is 13.7. The Hall–Kier alpha value is -2.22. The Morgan fingerprint density at radius 3 is 2.24 bits per heavy atom. The summed E-state index contributed by atoms with van der Waals surface area (Å²) in [6.07, 6.45) is 0. The molecule has 0 unspecified atom stereocenters. The van der Waals surface area contributed by atoms with Crippen LogP contribution in [0.1, 0.15) is 26.3 Å². The van der Waals surface area contributed by atoms with Crippen LogP contribution in [0.5, 0.6) is 5.75 Å². The Kier molecular flexibility index (Phi) is 3.25. The van der Waals surface area contributed by atoms with Crippen LogP contribution in [0, 0.1) is 0 Å². The van der Waals surface area contributed by atoms with Crippen LogP contribution in [0.15, 0.2) is 52.9 Å². The van der Waals surface area contributed by atoms with E-state index in [1.165, 1.54) is 5.56 Å². The van der Waals surface area contributed by atoms with Crippen molar-refractivity contribution in [1.29, 1.82) is 0 Å². The number of hydrogen-bond acceptors (Lipinski definition) is 2. The lowest BCUT2D eigenvalue weighted by Crippen LogP contribution is -2.10. The SMILES string of the molecule is COc1ccc2cc(-c3ccc(C(C)(C)C)cc3)oc2c1. The van der Waals surface area contributed by atoms with Crippen molar-refractivity contribution in [3.63, 3.8) is 0 Å². The molecule has 0 aliphatic rings. The molecule has 3 rings (SSSR count). The van der Waals surface area contributed by atoms with Crippen molar-refractivity contribution in [2.75, 3.05) is 7.11 Å². The van der Waals surface area contributed by atoms with Gasteiger partial charge in [-0.15, -0.1) is 0 Å². The predicted octanol–water partition coefficient (Wildman–Crippen LogP) is 5.41. The van der Waals surface area contributed by atoms with Crippen molar-refractivity contribution in [3.8, 4) is 17.1 Å². The maximum atomic E-state index is 5.94. The van der Waals surface area contributed by atoms with E-state index in [2.05, 4.69) is 51.1 Å². The molecule has 108 valence electrons. The number of furan rings is 1. The molecule has 0 saturated heterocycles. The molecule has 2 aromatic carbocycles. The number of rotatable bonds is 2. The van der Waals surface area contributed by atoms with Gasteiger partial charge in [0, 0.05) is 17.0 Å². The fourth-order valence-electron chi connectivity index (χ4n) is 2.42. The van der Waals surface area contributed by atoms with Gasteiger partial charge >= 0.3 is 0 Å². The molecule has 0 bridgehead atoms. The normalized spacial score (nSPS) is 11.8. The second-order valence-electron chi connectivity index (χ2n) is 6.34. The largest absolute Gasteiger partial charge is 0.497 e. The van der Waals surface area contributed by atoms with E-state index in [9.17, 15) is 0 Å². The minimum Gasteiger partial charge on any atom is -0.497 e. The zero-order valence-corrected chi connectivity index (χ0v) is 12.9. The van der Waals surface area contributed by atoms with Crippen molar-refractivity contribution in [2.24, 2.45) is 0 Å². The highest BCUT2D eigenvalue weighted by Gasteiger charge is 2.14. The zero-order chi connectivity index (χ0) is 15.0. The molecule has 1 aromatic heterocycles. The summed E-state index contributed by atoms with van der Waals surface area (Å²) in [5.41, 5.74) is 3.44. The summed E-state index contributed by atoms with van der Waals surface area (Å²) < 4.78 is 11.2. The summed E-state index contributed by atoms with van der Waals surface area (Å²) in [4.78, 5) is 0. The van der Waals surface area contributed by atoms with E-state index in [1.807, 2.05) is 18.2 Å². The average Bonchev–Trinajstić information content (AvgIpc) is 2.89. The second kappa shape index (κ2) is 4.96. The van der Waals surface area contributed by atoms with Crippen LogP contribution in [0.3, 0.4) is 0 Å². The number of fused-ring (bicyclic) bond motifs is 1. The highest BCUT2D eigenvalue weighted by Crippen LogP contribution is 2.31. The molecule has 0 atom stereocenters. The van der Waals surface area contributed by atoms with E-state index in [0.717, 1.165) is 28.0 Å². The first-order valence-electron chi connectivity index (χ1n) is 7.16. The molecule has 0 radical (unpaired) electrons. The molecule has 0 fully saturated rings. The van der Waals surface area contributed by atoms with Gasteiger partial charge in [-0.3, -0.25) is 0 Å². The third-order valence-corrected chi connectivity index (χ3v) is 3.76. The van der Waals surface area contributed by atoms with Crippen LogP contribution in [-0.2, 0) is 5.41 Å². The molecular formula is C19H20O2. The van der Waals surface area contributed by atoms with Crippen molar-refractivity contribution < 1.29 is 9.15 Å². The number of benzene rings is 2. The van der Waals surface area contributed by atoms with Gasteiger partial charge in [-0.05, 0) is 29.2 Å². The Bertz CT molecular complexity index is 758. The Balaban J connectivity index is 2.00. The van der Waals surface area contributed by atoms with Crippen molar-refractivity contribution in [2.45, 2.75) is 26.2 Å². The van der Waals surface area contributed by atoms with E-state index < -0.39 is 0 Å². The van der Waals surface area contributed by atoms with Gasteiger partial charge in [-0.25, -0.2) is 0 Å². The molecule has 2 heteroatoms. The van der Waals surface area contributed by atoms with Gasteiger partial charge in [-0.1, -0.05) is 45.0 Å². The lowest BCUT2D eigenvalue weighted by molar-refractivity contribution is 0.414. The number of methoxy groups -OCH3 is 1. The first-order chi connectivity index (χ1) is 9.97. The Morgan fingerprint density at radius 2 is 1.62 bits per heavy atom. The average molecular weight is 280 g/mol. The van der Waals surface area contributed by atoms with E-state index in [0.29, 0.717) is 0 Å². The number of hydrogen-bond donors (Lipinski definition) is 0. The van der Waals surface area contributed by atoms with Crippen LogP contribution in [0.25, 0.3) is 22.3 Å². The van der Waals surface area contributed by atoms with E-state index in [4.69, 9.17) is 9.15 Å². The van der Waals surface area contributed by atoms with Crippen LogP contribution in [-0.4, -0.2) is 7.11 Å². The standard InChI is InChI=1S/C19H20O2/c1-19(2,3)15-8-5-13(6-9-15)17-11-14-7-10-16(20-4)12-18(14)21-17/h5-12H,1-4H3. The van der Waals surface area contributed by atoms with Gasteiger partial charge < -0.3 is 9.15 Å². The summed E-state index contributed by atoms with van der Waals surface area (Å²) in [5.74, 6) is 1.70. The molecular weight excluding hydrogens is 260 g/mol. The zero-order valence-electron chi connectivity index (χ0n) is 12.9. The summed E-state index contributed by atoms with van der Waals surface area (Å²) in [6, 6.07) is 16.5. The van der Waals surface area contributed by atoms with Gasteiger partial charge in [0.05, 0.1) is 7.11 Å². The maximum absolute atomic E-state index is 5.94. The smallest absolute Gasteiger partial charge is 0.138 e. The third-order valence-electron chi connectivity index (χ3n) is 3.76. The highest BCUT2D eigenvalue weighted by atomic mass is 16.5. The third kappa shape index (κ3) is 2.66. The Morgan fingerprint density at radius 1 is 0.905 bits per heavy atom. The van der Waals surface area contributed by atoms with Crippen molar-refractivity contribution in [3.05, 3.63) is 54.1 Å². The Labute approximate surface area is 125 Å². The molecule has 0 aliphatic carbocycles. The van der Waals surface area contributed by atoms with Crippen molar-refractivity contribution in [1.82, 2.24) is 0 Å². The summed E-state index contributed by atoms with van der Waals surface area (Å²) in [7, 11) is 1.66. The van der Waals surface area contributed by atoms with Crippen molar-refractivity contribution >= 4 is 11.0 Å². The van der Waals surface area contributed by atoms with E-state index in [-0.39, 0.29) is 5.41 Å². The molecule has 0 spiro atoms. The minimum absolute atomic E-state index is 0.166. The van der Waals surface area contributed by atoms with Crippen LogP contribution in [0.2, 0.25) is 0 Å². The van der Waals surface area contributed by atoms with Gasteiger partial charge in [0.2, 0.25) is 0 Å². The second-order valence-corrected chi connectivity index (χ2v) is 6.34. The lowest BCUT2D eigenvalue weighted by atomic mass is 9.86. The molecule has 1 heterocycles. The monoisotopic (exact) mass is 280 g/mol. The van der Waals surface area contributed by atoms with Gasteiger partial charge in [0.15, 0.2) is 0 Å². The molecule has 21 heavy (non-hydrogen) atoms. The predicted molar refractivity (Wildman–Crippen MR) is 86.9 cm³/mol. The number of ether oxygens (including phenoxy) is 1. The molecule has 0 aliphatic heterocycles. The summed E-state index contributed by atoms with van der Waals surface area (Å²) in [6.45, 7) is 6.65. The molecule has 2 nitrogen and oxygen atoms in total. The minimum atomic E-state index is 0.166. The lowest BCUT2D eigenvalue weighted by Gasteiger charge is -2.18. The van der Waals surface area contributed by atoms with Crippen LogP contribution >= 0.6 is 0 Å². The fourth-order valence-corrected chi connectivity index (χ4v) is 2.42. The van der Waals surface area contributed by atoms with Gasteiger partial charge in [0.25, 0.3) is 0 Å². The first-order valence-corrected chi connectivity index (χ1v) is 7.16. The topological polar surface area (TPSA) is 22.4 Å². The highest BCUT2D eigenvalue weighted by molar-refractivity contribution is 5.84. The van der Waals surface area contributed by atoms with Gasteiger partial charge in [-0.2, -0.15) is 0 Å². The van der Waals surface area contributed by atoms with Crippen LogP contribution < -0.4 is 4.74 Å². The maximum Gasteiger partial charge on any atom is 0.138 e. The fraction of sp³-hybridized carbons (Fsp3) is 0.263. The van der Waals surface area contributed by atoms with E-state index in [1.54, 1.807) is 7.11 Å². The van der Waals surface area contributed by atoms with Gasteiger partial charge in [0.1, 0.15) is 17.1 Å². The molecule has 0 saturated carbocycles. The summed E-state index contributed by atoms with van der Waals surface area (Å²) >= 11 is 0. The van der Waals surface area contributed by atoms with E-state index >= 15 is 0 Å². The molecule has 3 aromatic rings. The quantitative estimate of drug-likeness (QED) is 0.626. The molecule has 0 amide bonds.